The topological polar surface area (TPSA) is 108 Å². The molecule has 1 fully saturated rings. The number of fused-ring (bicyclic) bond motifs is 1. The van der Waals surface area contributed by atoms with Gasteiger partial charge in [0.2, 0.25) is 0 Å². The molecule has 0 unspecified atom stereocenters. The minimum Gasteiger partial charge on any atom is -0.386 e. The van der Waals surface area contributed by atoms with Crippen LogP contribution in [0.3, 0.4) is 0 Å². The molecule has 0 aliphatic carbocycles. The van der Waals surface area contributed by atoms with Gasteiger partial charge in [-0.3, -0.25) is 4.79 Å². The molecule has 1 aliphatic heterocycles. The van der Waals surface area contributed by atoms with Gasteiger partial charge in [-0.1, -0.05) is 11.3 Å². The standard InChI is InChI=1S/C21H23N5O3S/c1-21(2,29)14-9-17-18(10-16(14)24-19(28)15-3-6-22-12-23-15)30-20(25-17)26-7-4-13(11-27)5-8-26/h3,6,9-13,29H,4-5,7-8H2,1-2H3,(H,24,28). The van der Waals surface area contributed by atoms with Gasteiger partial charge in [-0.2, -0.15) is 0 Å². The van der Waals surface area contributed by atoms with E-state index in [2.05, 4.69) is 20.2 Å². The van der Waals surface area contributed by atoms with Crippen molar-refractivity contribution in [1.82, 2.24) is 15.0 Å². The van der Waals surface area contributed by atoms with Crippen molar-refractivity contribution in [3.05, 3.63) is 42.0 Å². The maximum atomic E-state index is 12.6. The zero-order chi connectivity index (χ0) is 21.3. The van der Waals surface area contributed by atoms with Crippen LogP contribution >= 0.6 is 11.3 Å². The Kier molecular flexibility index (Phi) is 5.48. The van der Waals surface area contributed by atoms with Crippen molar-refractivity contribution in [2.24, 2.45) is 5.92 Å². The Hall–Kier alpha value is -2.91. The first-order chi connectivity index (χ1) is 14.3. The van der Waals surface area contributed by atoms with Gasteiger partial charge in [0.15, 0.2) is 5.13 Å². The van der Waals surface area contributed by atoms with Gasteiger partial charge in [0.25, 0.3) is 5.91 Å². The monoisotopic (exact) mass is 425 g/mol. The average Bonchev–Trinajstić information content (AvgIpc) is 3.16. The number of thiazole rings is 1. The first-order valence-corrected chi connectivity index (χ1v) is 10.6. The van der Waals surface area contributed by atoms with Gasteiger partial charge in [-0.15, -0.1) is 0 Å². The fraction of sp³-hybridized carbons (Fsp3) is 0.381. The van der Waals surface area contributed by atoms with Gasteiger partial charge in [-0.25, -0.2) is 15.0 Å². The number of rotatable bonds is 5. The van der Waals surface area contributed by atoms with E-state index in [0.717, 1.165) is 47.6 Å². The van der Waals surface area contributed by atoms with Crippen LogP contribution in [0.15, 0.2) is 30.7 Å². The molecule has 9 heteroatoms. The van der Waals surface area contributed by atoms with E-state index in [1.165, 1.54) is 29.9 Å². The summed E-state index contributed by atoms with van der Waals surface area (Å²) < 4.78 is 0.911. The molecule has 30 heavy (non-hydrogen) atoms. The molecule has 1 aliphatic rings. The SMILES string of the molecule is CC(C)(O)c1cc2nc(N3CCC(C=O)CC3)sc2cc1NC(=O)c1ccncn1. The molecule has 1 aromatic carbocycles. The number of aromatic nitrogens is 3. The number of nitrogens with one attached hydrogen (secondary N) is 1. The fourth-order valence-corrected chi connectivity index (χ4v) is 4.58. The van der Waals surface area contributed by atoms with E-state index >= 15 is 0 Å². The Morgan fingerprint density at radius 2 is 2.10 bits per heavy atom. The summed E-state index contributed by atoms with van der Waals surface area (Å²) in [5.74, 6) is -0.246. The van der Waals surface area contributed by atoms with Crippen LogP contribution < -0.4 is 10.2 Å². The Balaban J connectivity index is 1.67. The summed E-state index contributed by atoms with van der Waals surface area (Å²) in [5.41, 5.74) is 0.941. The zero-order valence-corrected chi connectivity index (χ0v) is 17.6. The average molecular weight is 426 g/mol. The molecule has 2 N–H and O–H groups in total. The van der Waals surface area contributed by atoms with E-state index in [9.17, 15) is 14.7 Å². The molecule has 8 nitrogen and oxygen atoms in total. The predicted molar refractivity (Wildman–Crippen MR) is 116 cm³/mol. The van der Waals surface area contributed by atoms with E-state index in [4.69, 9.17) is 4.98 Å². The number of aliphatic hydroxyl groups is 1. The smallest absolute Gasteiger partial charge is 0.274 e. The van der Waals surface area contributed by atoms with Gasteiger partial charge in [0, 0.05) is 36.5 Å². The third kappa shape index (κ3) is 4.17. The summed E-state index contributed by atoms with van der Waals surface area (Å²) in [7, 11) is 0. The summed E-state index contributed by atoms with van der Waals surface area (Å²) in [5, 5.41) is 14.4. The normalized spacial score (nSPS) is 15.4. The minimum atomic E-state index is -1.17. The molecule has 1 saturated heterocycles. The van der Waals surface area contributed by atoms with Crippen molar-refractivity contribution < 1.29 is 14.7 Å². The van der Waals surface area contributed by atoms with Gasteiger partial charge in [0.05, 0.1) is 15.8 Å². The molecule has 2 aromatic heterocycles. The van der Waals surface area contributed by atoms with Crippen molar-refractivity contribution in [3.63, 3.8) is 0 Å². The molecule has 3 aromatic rings. The molecule has 0 radical (unpaired) electrons. The number of benzene rings is 1. The third-order valence-electron chi connectivity index (χ3n) is 5.24. The summed E-state index contributed by atoms with van der Waals surface area (Å²) in [4.78, 5) is 38.4. The molecule has 4 rings (SSSR count). The summed E-state index contributed by atoms with van der Waals surface area (Å²) >= 11 is 1.54. The van der Waals surface area contributed by atoms with E-state index in [0.29, 0.717) is 11.3 Å². The number of carbonyl (C=O) groups excluding carboxylic acids is 2. The van der Waals surface area contributed by atoms with Crippen molar-refractivity contribution in [2.45, 2.75) is 32.3 Å². The Bertz CT molecular complexity index is 1070. The maximum absolute atomic E-state index is 12.6. The highest BCUT2D eigenvalue weighted by molar-refractivity contribution is 7.22. The maximum Gasteiger partial charge on any atom is 0.274 e. The number of hydrogen-bond acceptors (Lipinski definition) is 8. The molecule has 0 atom stereocenters. The van der Waals surface area contributed by atoms with Crippen molar-refractivity contribution >= 4 is 44.6 Å². The van der Waals surface area contributed by atoms with E-state index < -0.39 is 5.60 Å². The van der Waals surface area contributed by atoms with Gasteiger partial charge < -0.3 is 20.1 Å². The van der Waals surface area contributed by atoms with Crippen molar-refractivity contribution in [2.75, 3.05) is 23.3 Å². The number of aldehydes is 1. The van der Waals surface area contributed by atoms with Crippen molar-refractivity contribution in [3.8, 4) is 0 Å². The van der Waals surface area contributed by atoms with Gasteiger partial charge in [0.1, 0.15) is 18.3 Å². The second kappa shape index (κ2) is 8.08. The van der Waals surface area contributed by atoms with Crippen LogP contribution in [0.25, 0.3) is 10.2 Å². The third-order valence-corrected chi connectivity index (χ3v) is 6.32. The van der Waals surface area contributed by atoms with Crippen molar-refractivity contribution in [1.29, 1.82) is 0 Å². The molecular weight excluding hydrogens is 402 g/mol. The highest BCUT2D eigenvalue weighted by Crippen LogP contribution is 2.37. The lowest BCUT2D eigenvalue weighted by Crippen LogP contribution is -2.33. The Labute approximate surface area is 178 Å². The van der Waals surface area contributed by atoms with Gasteiger partial charge >= 0.3 is 0 Å². The molecule has 1 amide bonds. The summed E-state index contributed by atoms with van der Waals surface area (Å²) in [6, 6.07) is 5.20. The Morgan fingerprint density at radius 3 is 2.73 bits per heavy atom. The number of anilines is 2. The van der Waals surface area contributed by atoms with E-state index in [1.54, 1.807) is 13.8 Å². The van der Waals surface area contributed by atoms with Crippen LogP contribution in [0, 0.1) is 5.92 Å². The van der Waals surface area contributed by atoms with Gasteiger partial charge in [-0.05, 0) is 44.9 Å². The molecular formula is C21H23N5O3S. The Morgan fingerprint density at radius 1 is 1.33 bits per heavy atom. The molecule has 3 heterocycles. The number of nitrogens with zero attached hydrogens (tertiary/aromatic N) is 4. The second-order valence-electron chi connectivity index (χ2n) is 7.93. The molecule has 0 spiro atoms. The lowest BCUT2D eigenvalue weighted by molar-refractivity contribution is -0.111. The van der Waals surface area contributed by atoms with Crippen LogP contribution in [0.2, 0.25) is 0 Å². The zero-order valence-electron chi connectivity index (χ0n) is 16.8. The van der Waals surface area contributed by atoms with Crippen LogP contribution in [0.5, 0.6) is 0 Å². The largest absolute Gasteiger partial charge is 0.386 e. The minimum absolute atomic E-state index is 0.126. The summed E-state index contributed by atoms with van der Waals surface area (Å²) in [6.45, 7) is 4.93. The predicted octanol–water partition coefficient (Wildman–Crippen LogP) is 2.98. The number of piperidine rings is 1. The highest BCUT2D eigenvalue weighted by atomic mass is 32.1. The first-order valence-electron chi connectivity index (χ1n) is 9.80. The molecule has 156 valence electrons. The van der Waals surface area contributed by atoms with Crippen LogP contribution in [-0.2, 0) is 10.4 Å². The molecule has 0 bridgehead atoms. The highest BCUT2D eigenvalue weighted by Gasteiger charge is 2.25. The van der Waals surface area contributed by atoms with Crippen LogP contribution in [-0.4, -0.2) is 45.3 Å². The van der Waals surface area contributed by atoms with E-state index in [1.807, 2.05) is 12.1 Å². The van der Waals surface area contributed by atoms with Crippen LogP contribution in [0.1, 0.15) is 42.7 Å². The quantitative estimate of drug-likeness (QED) is 0.605. The first kappa shape index (κ1) is 20.4. The van der Waals surface area contributed by atoms with E-state index in [-0.39, 0.29) is 17.5 Å². The second-order valence-corrected chi connectivity index (χ2v) is 8.94. The number of hydrogen-bond donors (Lipinski definition) is 2. The number of carbonyl (C=O) groups is 2. The lowest BCUT2D eigenvalue weighted by Gasteiger charge is -2.29. The molecule has 0 saturated carbocycles. The lowest BCUT2D eigenvalue weighted by atomic mass is 9.96. The van der Waals surface area contributed by atoms with Crippen LogP contribution in [0.4, 0.5) is 10.8 Å². The fourth-order valence-electron chi connectivity index (χ4n) is 3.54. The summed E-state index contributed by atoms with van der Waals surface area (Å²) in [6.07, 6.45) is 5.52. The number of amides is 1.